The van der Waals surface area contributed by atoms with Gasteiger partial charge in [0.2, 0.25) is 0 Å². The largest absolute Gasteiger partial charge is 0.311 e. The standard InChI is InChI=1S/C14H16Cl2N4/c15-13-2-1-3-14(16)12(13)9-20-8-11(18-19-20)7-17-6-10-4-5-10/h1-3,8,10,17H,4-7,9H2. The summed E-state index contributed by atoms with van der Waals surface area (Å²) in [6.07, 6.45) is 4.63. The van der Waals surface area contributed by atoms with Gasteiger partial charge in [-0.05, 0) is 37.4 Å². The molecule has 4 nitrogen and oxygen atoms in total. The van der Waals surface area contributed by atoms with Crippen LogP contribution in [-0.2, 0) is 13.1 Å². The van der Waals surface area contributed by atoms with E-state index in [1.807, 2.05) is 24.4 Å². The van der Waals surface area contributed by atoms with Gasteiger partial charge in [0, 0.05) is 22.2 Å². The van der Waals surface area contributed by atoms with Gasteiger partial charge in [-0.3, -0.25) is 0 Å². The number of hydrogen-bond acceptors (Lipinski definition) is 3. The quantitative estimate of drug-likeness (QED) is 0.891. The van der Waals surface area contributed by atoms with Crippen LogP contribution in [0.5, 0.6) is 0 Å². The molecule has 0 bridgehead atoms. The fourth-order valence-electron chi connectivity index (χ4n) is 2.07. The van der Waals surface area contributed by atoms with Crippen molar-refractivity contribution >= 4 is 23.2 Å². The second-order valence-corrected chi connectivity index (χ2v) is 6.00. The van der Waals surface area contributed by atoms with Gasteiger partial charge in [-0.1, -0.05) is 34.5 Å². The third-order valence-electron chi connectivity index (χ3n) is 3.40. The Kier molecular flexibility index (Phi) is 4.24. The molecule has 1 aromatic carbocycles. The van der Waals surface area contributed by atoms with Crippen molar-refractivity contribution in [3.63, 3.8) is 0 Å². The zero-order valence-corrected chi connectivity index (χ0v) is 12.5. The number of rotatable bonds is 6. The molecule has 6 heteroatoms. The molecule has 1 aromatic heterocycles. The monoisotopic (exact) mass is 310 g/mol. The summed E-state index contributed by atoms with van der Waals surface area (Å²) in [4.78, 5) is 0. The van der Waals surface area contributed by atoms with Gasteiger partial charge in [-0.25, -0.2) is 4.68 Å². The minimum Gasteiger partial charge on any atom is -0.311 e. The third-order valence-corrected chi connectivity index (χ3v) is 4.11. The molecule has 106 valence electrons. The maximum Gasteiger partial charge on any atom is 0.0964 e. The van der Waals surface area contributed by atoms with Crippen LogP contribution in [0, 0.1) is 5.92 Å². The van der Waals surface area contributed by atoms with Crippen molar-refractivity contribution in [2.45, 2.75) is 25.9 Å². The second kappa shape index (κ2) is 6.12. The van der Waals surface area contributed by atoms with Crippen molar-refractivity contribution in [2.24, 2.45) is 5.92 Å². The SMILES string of the molecule is Clc1cccc(Cl)c1Cn1cc(CNCC2CC2)nn1. The maximum absolute atomic E-state index is 6.15. The first-order valence-electron chi connectivity index (χ1n) is 6.75. The molecule has 0 radical (unpaired) electrons. The number of halogens is 2. The fourth-order valence-corrected chi connectivity index (χ4v) is 2.59. The Balaban J connectivity index is 1.61. The van der Waals surface area contributed by atoms with Crippen LogP contribution in [0.3, 0.4) is 0 Å². The van der Waals surface area contributed by atoms with Crippen LogP contribution < -0.4 is 5.32 Å². The summed E-state index contributed by atoms with van der Waals surface area (Å²) < 4.78 is 1.77. The third kappa shape index (κ3) is 3.51. The minimum atomic E-state index is 0.536. The van der Waals surface area contributed by atoms with E-state index in [2.05, 4.69) is 15.6 Å². The van der Waals surface area contributed by atoms with E-state index in [-0.39, 0.29) is 0 Å². The Bertz CT molecular complexity index is 572. The van der Waals surface area contributed by atoms with E-state index in [1.165, 1.54) is 12.8 Å². The Hall–Kier alpha value is -1.10. The average molecular weight is 311 g/mol. The van der Waals surface area contributed by atoms with Gasteiger partial charge in [0.05, 0.1) is 18.4 Å². The summed E-state index contributed by atoms with van der Waals surface area (Å²) in [6, 6.07) is 5.50. The summed E-state index contributed by atoms with van der Waals surface area (Å²) in [5.41, 5.74) is 1.81. The van der Waals surface area contributed by atoms with Gasteiger partial charge < -0.3 is 5.32 Å². The van der Waals surface area contributed by atoms with Crippen molar-refractivity contribution in [3.05, 3.63) is 45.7 Å². The first-order valence-corrected chi connectivity index (χ1v) is 7.50. The molecule has 0 amide bonds. The van der Waals surface area contributed by atoms with E-state index < -0.39 is 0 Å². The van der Waals surface area contributed by atoms with Crippen molar-refractivity contribution < 1.29 is 0 Å². The molecule has 2 aromatic rings. The molecule has 1 aliphatic rings. The van der Waals surface area contributed by atoms with E-state index in [9.17, 15) is 0 Å². The molecule has 0 atom stereocenters. The Morgan fingerprint density at radius 2 is 2.00 bits per heavy atom. The minimum absolute atomic E-state index is 0.536. The van der Waals surface area contributed by atoms with Gasteiger partial charge in [-0.2, -0.15) is 0 Å². The Labute approximate surface area is 128 Å². The van der Waals surface area contributed by atoms with Crippen LogP contribution in [-0.4, -0.2) is 21.5 Å². The predicted octanol–water partition coefficient (Wildman–Crippen LogP) is 3.13. The molecule has 0 saturated heterocycles. The molecular formula is C14H16Cl2N4. The highest BCUT2D eigenvalue weighted by Crippen LogP contribution is 2.27. The summed E-state index contributed by atoms with van der Waals surface area (Å²) in [5, 5.41) is 13.0. The fraction of sp³-hybridized carbons (Fsp3) is 0.429. The van der Waals surface area contributed by atoms with Crippen LogP contribution >= 0.6 is 23.2 Å². The predicted molar refractivity (Wildman–Crippen MR) is 80.0 cm³/mol. The topological polar surface area (TPSA) is 42.7 Å². The normalized spacial score (nSPS) is 14.7. The van der Waals surface area contributed by atoms with E-state index in [4.69, 9.17) is 23.2 Å². The van der Waals surface area contributed by atoms with Crippen LogP contribution in [0.25, 0.3) is 0 Å². The Morgan fingerprint density at radius 3 is 2.70 bits per heavy atom. The number of nitrogens with zero attached hydrogens (tertiary/aromatic N) is 3. The molecule has 1 N–H and O–H groups in total. The van der Waals surface area contributed by atoms with Crippen LogP contribution in [0.2, 0.25) is 10.0 Å². The van der Waals surface area contributed by atoms with E-state index in [1.54, 1.807) is 4.68 Å². The number of benzene rings is 1. The van der Waals surface area contributed by atoms with Crippen LogP contribution in [0.15, 0.2) is 24.4 Å². The molecular weight excluding hydrogens is 295 g/mol. The summed E-state index contributed by atoms with van der Waals surface area (Å²) in [6.45, 7) is 2.37. The lowest BCUT2D eigenvalue weighted by atomic mass is 10.2. The molecule has 3 rings (SSSR count). The highest BCUT2D eigenvalue weighted by Gasteiger charge is 2.20. The van der Waals surface area contributed by atoms with Gasteiger partial charge in [0.15, 0.2) is 0 Å². The summed E-state index contributed by atoms with van der Waals surface area (Å²) in [7, 11) is 0. The highest BCUT2D eigenvalue weighted by atomic mass is 35.5. The van der Waals surface area contributed by atoms with Gasteiger partial charge >= 0.3 is 0 Å². The first kappa shape index (κ1) is 13.9. The zero-order chi connectivity index (χ0) is 13.9. The van der Waals surface area contributed by atoms with Crippen LogP contribution in [0.1, 0.15) is 24.1 Å². The summed E-state index contributed by atoms with van der Waals surface area (Å²) >= 11 is 12.3. The van der Waals surface area contributed by atoms with E-state index in [0.717, 1.165) is 30.3 Å². The molecule has 1 aliphatic carbocycles. The summed E-state index contributed by atoms with van der Waals surface area (Å²) in [5.74, 6) is 0.868. The van der Waals surface area contributed by atoms with Crippen molar-refractivity contribution in [1.29, 1.82) is 0 Å². The molecule has 0 aliphatic heterocycles. The Morgan fingerprint density at radius 1 is 1.25 bits per heavy atom. The smallest absolute Gasteiger partial charge is 0.0964 e. The first-order chi connectivity index (χ1) is 9.72. The molecule has 1 fully saturated rings. The van der Waals surface area contributed by atoms with Gasteiger partial charge in [0.1, 0.15) is 0 Å². The van der Waals surface area contributed by atoms with E-state index >= 15 is 0 Å². The lowest BCUT2D eigenvalue weighted by molar-refractivity contribution is 0.627. The molecule has 20 heavy (non-hydrogen) atoms. The molecule has 0 unspecified atom stereocenters. The van der Waals surface area contributed by atoms with Gasteiger partial charge in [-0.15, -0.1) is 5.10 Å². The van der Waals surface area contributed by atoms with E-state index in [0.29, 0.717) is 16.6 Å². The number of aromatic nitrogens is 3. The van der Waals surface area contributed by atoms with Crippen molar-refractivity contribution in [1.82, 2.24) is 20.3 Å². The molecule has 1 saturated carbocycles. The molecule has 1 heterocycles. The second-order valence-electron chi connectivity index (χ2n) is 5.18. The molecule has 0 spiro atoms. The van der Waals surface area contributed by atoms with Crippen molar-refractivity contribution in [2.75, 3.05) is 6.54 Å². The van der Waals surface area contributed by atoms with Crippen LogP contribution in [0.4, 0.5) is 0 Å². The maximum atomic E-state index is 6.15. The number of hydrogen-bond donors (Lipinski definition) is 1. The highest BCUT2D eigenvalue weighted by molar-refractivity contribution is 6.35. The number of nitrogens with one attached hydrogen (secondary N) is 1. The van der Waals surface area contributed by atoms with Crippen molar-refractivity contribution in [3.8, 4) is 0 Å². The lowest BCUT2D eigenvalue weighted by Crippen LogP contribution is -2.16. The zero-order valence-electron chi connectivity index (χ0n) is 11.0. The average Bonchev–Trinajstić information content (AvgIpc) is 3.13. The lowest BCUT2D eigenvalue weighted by Gasteiger charge is -2.05. The van der Waals surface area contributed by atoms with Gasteiger partial charge in [0.25, 0.3) is 0 Å².